The van der Waals surface area contributed by atoms with E-state index < -0.39 is 24.2 Å². The SMILES string of the molecule is Cc1ccc(CCNC(=O)NC2CCCC(C(F)(F)F)C2)cn1. The van der Waals surface area contributed by atoms with Crippen molar-refractivity contribution < 1.29 is 18.0 Å². The van der Waals surface area contributed by atoms with Gasteiger partial charge in [0.2, 0.25) is 0 Å². The fourth-order valence-corrected chi connectivity index (χ4v) is 2.82. The minimum Gasteiger partial charge on any atom is -0.338 e. The summed E-state index contributed by atoms with van der Waals surface area (Å²) in [6.07, 6.45) is -0.565. The number of rotatable bonds is 4. The molecule has 0 spiro atoms. The molecule has 2 N–H and O–H groups in total. The third-order valence-corrected chi connectivity index (χ3v) is 4.14. The Hall–Kier alpha value is -1.79. The molecule has 0 aliphatic heterocycles. The fraction of sp³-hybridized carbons (Fsp3) is 0.625. The van der Waals surface area contributed by atoms with E-state index in [4.69, 9.17) is 0 Å². The molecule has 2 unspecified atom stereocenters. The summed E-state index contributed by atoms with van der Waals surface area (Å²) >= 11 is 0. The van der Waals surface area contributed by atoms with E-state index in [1.807, 2.05) is 19.1 Å². The normalized spacial score (nSPS) is 21.7. The van der Waals surface area contributed by atoms with E-state index in [0.29, 0.717) is 25.8 Å². The number of hydrogen-bond acceptors (Lipinski definition) is 2. The van der Waals surface area contributed by atoms with Gasteiger partial charge in [-0.3, -0.25) is 4.98 Å². The lowest BCUT2D eigenvalue weighted by Crippen LogP contribution is -2.46. The first-order chi connectivity index (χ1) is 10.8. The quantitative estimate of drug-likeness (QED) is 0.890. The summed E-state index contributed by atoms with van der Waals surface area (Å²) in [5.74, 6) is -1.31. The Bertz CT molecular complexity index is 516. The molecule has 1 saturated carbocycles. The van der Waals surface area contributed by atoms with E-state index in [1.54, 1.807) is 6.20 Å². The highest BCUT2D eigenvalue weighted by Gasteiger charge is 2.42. The van der Waals surface area contributed by atoms with Gasteiger partial charge in [-0.15, -0.1) is 0 Å². The number of amides is 2. The van der Waals surface area contributed by atoms with Crippen LogP contribution in [0.1, 0.15) is 36.9 Å². The molecule has 2 rings (SSSR count). The molecule has 1 aliphatic carbocycles. The third-order valence-electron chi connectivity index (χ3n) is 4.14. The number of alkyl halides is 3. The van der Waals surface area contributed by atoms with E-state index in [9.17, 15) is 18.0 Å². The molecular formula is C16H22F3N3O. The minimum absolute atomic E-state index is 0.0290. The van der Waals surface area contributed by atoms with Crippen LogP contribution in [0.3, 0.4) is 0 Å². The van der Waals surface area contributed by atoms with Crippen molar-refractivity contribution in [2.24, 2.45) is 5.92 Å². The summed E-state index contributed by atoms with van der Waals surface area (Å²) in [5, 5.41) is 5.34. The molecule has 1 heterocycles. The number of halogens is 3. The van der Waals surface area contributed by atoms with Crippen LogP contribution in [0.2, 0.25) is 0 Å². The van der Waals surface area contributed by atoms with Crippen molar-refractivity contribution in [1.29, 1.82) is 0 Å². The zero-order chi connectivity index (χ0) is 16.9. The maximum atomic E-state index is 12.7. The molecule has 128 valence electrons. The molecule has 0 bridgehead atoms. The summed E-state index contributed by atoms with van der Waals surface area (Å²) in [4.78, 5) is 16.0. The van der Waals surface area contributed by atoms with Crippen LogP contribution in [-0.2, 0) is 6.42 Å². The predicted molar refractivity (Wildman–Crippen MR) is 81.0 cm³/mol. The first-order valence-electron chi connectivity index (χ1n) is 7.87. The molecule has 1 aliphatic rings. The molecule has 1 aromatic heterocycles. The van der Waals surface area contributed by atoms with Crippen LogP contribution in [-0.4, -0.2) is 29.8 Å². The van der Waals surface area contributed by atoms with E-state index in [-0.39, 0.29) is 12.8 Å². The second-order valence-electron chi connectivity index (χ2n) is 6.06. The number of urea groups is 1. The topological polar surface area (TPSA) is 54.0 Å². The maximum absolute atomic E-state index is 12.7. The fourth-order valence-electron chi connectivity index (χ4n) is 2.82. The summed E-state index contributed by atoms with van der Waals surface area (Å²) in [6, 6.07) is 3.03. The number of hydrogen-bond donors (Lipinski definition) is 2. The number of aromatic nitrogens is 1. The summed E-state index contributed by atoms with van der Waals surface area (Å²) in [6.45, 7) is 2.32. The molecule has 1 aromatic rings. The van der Waals surface area contributed by atoms with Gasteiger partial charge < -0.3 is 10.6 Å². The first kappa shape index (κ1) is 17.6. The Morgan fingerprint density at radius 1 is 1.35 bits per heavy atom. The highest BCUT2D eigenvalue weighted by Crippen LogP contribution is 2.37. The van der Waals surface area contributed by atoms with Gasteiger partial charge in [-0.25, -0.2) is 4.79 Å². The van der Waals surface area contributed by atoms with Crippen molar-refractivity contribution in [2.75, 3.05) is 6.54 Å². The number of carbonyl (C=O) groups is 1. The van der Waals surface area contributed by atoms with Gasteiger partial charge in [0, 0.05) is 24.5 Å². The van der Waals surface area contributed by atoms with Gasteiger partial charge in [-0.1, -0.05) is 12.5 Å². The average molecular weight is 329 g/mol. The Labute approximate surface area is 133 Å². The lowest BCUT2D eigenvalue weighted by atomic mass is 9.85. The van der Waals surface area contributed by atoms with E-state index in [0.717, 1.165) is 11.3 Å². The van der Waals surface area contributed by atoms with Gasteiger partial charge in [-0.2, -0.15) is 13.2 Å². The lowest BCUT2D eigenvalue weighted by molar-refractivity contribution is -0.183. The van der Waals surface area contributed by atoms with Gasteiger partial charge in [0.1, 0.15) is 0 Å². The van der Waals surface area contributed by atoms with Gasteiger partial charge in [-0.05, 0) is 44.2 Å². The second kappa shape index (κ2) is 7.66. The largest absolute Gasteiger partial charge is 0.391 e. The number of carbonyl (C=O) groups excluding carboxylic acids is 1. The molecule has 1 fully saturated rings. The van der Waals surface area contributed by atoms with Crippen molar-refractivity contribution in [1.82, 2.24) is 15.6 Å². The van der Waals surface area contributed by atoms with Gasteiger partial charge >= 0.3 is 12.2 Å². The molecule has 4 nitrogen and oxygen atoms in total. The standard InChI is InChI=1S/C16H22F3N3O/c1-11-5-6-12(10-21-11)7-8-20-15(23)22-14-4-2-3-13(9-14)16(17,18)19/h5-6,10,13-14H,2-4,7-9H2,1H3,(H2,20,22,23). The van der Waals surface area contributed by atoms with Crippen LogP contribution >= 0.6 is 0 Å². The Kier molecular flexibility index (Phi) is 5.85. The number of nitrogens with zero attached hydrogens (tertiary/aromatic N) is 1. The van der Waals surface area contributed by atoms with Crippen LogP contribution in [0.5, 0.6) is 0 Å². The van der Waals surface area contributed by atoms with Crippen LogP contribution in [0.4, 0.5) is 18.0 Å². The highest BCUT2D eigenvalue weighted by molar-refractivity contribution is 5.74. The third kappa shape index (κ3) is 5.73. The number of nitrogens with one attached hydrogen (secondary N) is 2. The van der Waals surface area contributed by atoms with Gasteiger partial charge in [0.25, 0.3) is 0 Å². The van der Waals surface area contributed by atoms with Crippen molar-refractivity contribution >= 4 is 6.03 Å². The summed E-state index contributed by atoms with van der Waals surface area (Å²) < 4.78 is 38.2. The zero-order valence-corrected chi connectivity index (χ0v) is 13.1. The van der Waals surface area contributed by atoms with Crippen LogP contribution in [0, 0.1) is 12.8 Å². The highest BCUT2D eigenvalue weighted by atomic mass is 19.4. The number of aryl methyl sites for hydroxylation is 1. The molecule has 7 heteroatoms. The molecule has 0 aromatic carbocycles. The first-order valence-corrected chi connectivity index (χ1v) is 7.87. The lowest BCUT2D eigenvalue weighted by Gasteiger charge is -2.31. The smallest absolute Gasteiger partial charge is 0.338 e. The predicted octanol–water partition coefficient (Wildman–Crippen LogP) is 3.35. The summed E-state index contributed by atoms with van der Waals surface area (Å²) in [7, 11) is 0. The summed E-state index contributed by atoms with van der Waals surface area (Å²) in [5.41, 5.74) is 1.93. The van der Waals surface area contributed by atoms with Crippen molar-refractivity contribution in [2.45, 2.75) is 51.2 Å². The van der Waals surface area contributed by atoms with Crippen molar-refractivity contribution in [3.05, 3.63) is 29.6 Å². The second-order valence-corrected chi connectivity index (χ2v) is 6.06. The van der Waals surface area contributed by atoms with E-state index in [2.05, 4.69) is 15.6 Å². The maximum Gasteiger partial charge on any atom is 0.391 e. The average Bonchev–Trinajstić information content (AvgIpc) is 2.49. The van der Waals surface area contributed by atoms with Gasteiger partial charge in [0.15, 0.2) is 0 Å². The van der Waals surface area contributed by atoms with Crippen LogP contribution < -0.4 is 10.6 Å². The monoisotopic (exact) mass is 329 g/mol. The Morgan fingerprint density at radius 3 is 2.78 bits per heavy atom. The molecule has 2 atom stereocenters. The van der Waals surface area contributed by atoms with Crippen molar-refractivity contribution in [3.63, 3.8) is 0 Å². The van der Waals surface area contributed by atoms with Gasteiger partial charge in [0.05, 0.1) is 5.92 Å². The number of pyridine rings is 1. The van der Waals surface area contributed by atoms with Crippen molar-refractivity contribution in [3.8, 4) is 0 Å². The molecule has 2 amide bonds. The zero-order valence-electron chi connectivity index (χ0n) is 13.1. The Balaban J connectivity index is 1.71. The molecule has 23 heavy (non-hydrogen) atoms. The van der Waals surface area contributed by atoms with E-state index in [1.165, 1.54) is 0 Å². The van der Waals surface area contributed by atoms with Crippen LogP contribution in [0.15, 0.2) is 18.3 Å². The molecular weight excluding hydrogens is 307 g/mol. The molecule has 0 radical (unpaired) electrons. The van der Waals surface area contributed by atoms with E-state index >= 15 is 0 Å². The molecule has 0 saturated heterocycles. The Morgan fingerprint density at radius 2 is 2.13 bits per heavy atom. The minimum atomic E-state index is -4.17. The van der Waals surface area contributed by atoms with Crippen LogP contribution in [0.25, 0.3) is 0 Å².